The Morgan fingerprint density at radius 1 is 1.35 bits per heavy atom. The average Bonchev–Trinajstić information content (AvgIpc) is 2.87. The van der Waals surface area contributed by atoms with Crippen molar-refractivity contribution in [2.75, 3.05) is 7.11 Å². The molecule has 2 rings (SSSR count). The summed E-state index contributed by atoms with van der Waals surface area (Å²) in [5.41, 5.74) is 3.73. The standard InChI is InChI=1S/C13H16N4O2S/c1-9-4-5-11(6-10(9)2)8-20-13-14-15-16-17(13)7-12(18)19-3/h4-6H,7-8H2,1-3H3. The van der Waals surface area contributed by atoms with Gasteiger partial charge >= 0.3 is 5.97 Å². The summed E-state index contributed by atoms with van der Waals surface area (Å²) in [6, 6.07) is 6.34. The van der Waals surface area contributed by atoms with Crippen molar-refractivity contribution >= 4 is 17.7 Å². The lowest BCUT2D eigenvalue weighted by molar-refractivity contribution is -0.141. The molecule has 0 saturated carbocycles. The van der Waals surface area contributed by atoms with E-state index in [1.807, 2.05) is 0 Å². The Morgan fingerprint density at radius 3 is 2.85 bits per heavy atom. The molecule has 0 fully saturated rings. The summed E-state index contributed by atoms with van der Waals surface area (Å²) >= 11 is 1.49. The van der Waals surface area contributed by atoms with E-state index in [0.717, 1.165) is 5.75 Å². The Hall–Kier alpha value is -1.89. The number of carbonyl (C=O) groups is 1. The maximum atomic E-state index is 11.2. The topological polar surface area (TPSA) is 69.9 Å². The minimum atomic E-state index is -0.370. The van der Waals surface area contributed by atoms with Gasteiger partial charge in [-0.25, -0.2) is 4.68 Å². The summed E-state index contributed by atoms with van der Waals surface area (Å²) in [5.74, 6) is 0.383. The molecule has 2 aromatic rings. The summed E-state index contributed by atoms with van der Waals surface area (Å²) in [6.45, 7) is 4.20. The first-order valence-electron chi connectivity index (χ1n) is 6.12. The number of methoxy groups -OCH3 is 1. The highest BCUT2D eigenvalue weighted by Gasteiger charge is 2.11. The maximum absolute atomic E-state index is 11.2. The van der Waals surface area contributed by atoms with Crippen LogP contribution in [0.5, 0.6) is 0 Å². The molecule has 20 heavy (non-hydrogen) atoms. The van der Waals surface area contributed by atoms with Gasteiger partial charge < -0.3 is 4.74 Å². The van der Waals surface area contributed by atoms with E-state index in [1.165, 1.54) is 40.2 Å². The first-order chi connectivity index (χ1) is 9.60. The Kier molecular flexibility index (Phi) is 4.73. The average molecular weight is 292 g/mol. The second-order valence-corrected chi connectivity index (χ2v) is 5.35. The van der Waals surface area contributed by atoms with Gasteiger partial charge in [-0.3, -0.25) is 4.79 Å². The second-order valence-electron chi connectivity index (χ2n) is 4.40. The lowest BCUT2D eigenvalue weighted by atomic mass is 10.1. The van der Waals surface area contributed by atoms with E-state index < -0.39 is 0 Å². The molecule has 106 valence electrons. The molecule has 6 nitrogen and oxygen atoms in total. The van der Waals surface area contributed by atoms with Crippen molar-refractivity contribution in [3.05, 3.63) is 34.9 Å². The number of thioether (sulfide) groups is 1. The van der Waals surface area contributed by atoms with Crippen LogP contribution >= 0.6 is 11.8 Å². The van der Waals surface area contributed by atoms with Gasteiger partial charge in [-0.15, -0.1) is 5.10 Å². The molecular formula is C13H16N4O2S. The molecule has 0 spiro atoms. The molecular weight excluding hydrogens is 276 g/mol. The number of benzene rings is 1. The molecule has 0 aliphatic rings. The third-order valence-corrected chi connectivity index (χ3v) is 3.97. The number of hydrogen-bond donors (Lipinski definition) is 0. The summed E-state index contributed by atoms with van der Waals surface area (Å²) in [7, 11) is 1.34. The van der Waals surface area contributed by atoms with Crippen LogP contribution in [0.3, 0.4) is 0 Å². The Bertz CT molecular complexity index is 612. The first-order valence-corrected chi connectivity index (χ1v) is 7.10. The predicted octanol–water partition coefficient (Wildman–Crippen LogP) is 1.76. The zero-order valence-electron chi connectivity index (χ0n) is 11.7. The van der Waals surface area contributed by atoms with Crippen LogP contribution in [-0.4, -0.2) is 33.3 Å². The third-order valence-electron chi connectivity index (χ3n) is 2.94. The molecule has 0 unspecified atom stereocenters. The maximum Gasteiger partial charge on any atom is 0.327 e. The van der Waals surface area contributed by atoms with Gasteiger partial charge in [0, 0.05) is 5.75 Å². The molecule has 0 aliphatic heterocycles. The second kappa shape index (κ2) is 6.51. The normalized spacial score (nSPS) is 10.6. The van der Waals surface area contributed by atoms with Gasteiger partial charge in [0.25, 0.3) is 0 Å². The number of hydrogen-bond acceptors (Lipinski definition) is 6. The van der Waals surface area contributed by atoms with Crippen LogP contribution in [-0.2, 0) is 21.8 Å². The summed E-state index contributed by atoms with van der Waals surface area (Å²) in [4.78, 5) is 11.2. The zero-order valence-corrected chi connectivity index (χ0v) is 12.5. The van der Waals surface area contributed by atoms with Gasteiger partial charge in [-0.05, 0) is 41.0 Å². The van der Waals surface area contributed by atoms with Gasteiger partial charge in [-0.1, -0.05) is 30.0 Å². The molecule has 0 N–H and O–H groups in total. The number of carbonyl (C=O) groups excluding carboxylic acids is 1. The van der Waals surface area contributed by atoms with Crippen molar-refractivity contribution in [2.45, 2.75) is 31.3 Å². The lowest BCUT2D eigenvalue weighted by Crippen LogP contribution is -2.13. The molecule has 0 atom stereocenters. The fraction of sp³-hybridized carbons (Fsp3) is 0.385. The number of aryl methyl sites for hydroxylation is 2. The smallest absolute Gasteiger partial charge is 0.327 e. The molecule has 7 heteroatoms. The Labute approximate surface area is 121 Å². The quantitative estimate of drug-likeness (QED) is 0.618. The van der Waals surface area contributed by atoms with Gasteiger partial charge in [0.15, 0.2) is 0 Å². The SMILES string of the molecule is COC(=O)Cn1nnnc1SCc1ccc(C)c(C)c1. The zero-order chi connectivity index (χ0) is 14.5. The minimum absolute atomic E-state index is 0.0265. The monoisotopic (exact) mass is 292 g/mol. The number of esters is 1. The highest BCUT2D eigenvalue weighted by atomic mass is 32.2. The van der Waals surface area contributed by atoms with Crippen LogP contribution in [0.2, 0.25) is 0 Å². The molecule has 1 heterocycles. The van der Waals surface area contributed by atoms with E-state index >= 15 is 0 Å². The van der Waals surface area contributed by atoms with Gasteiger partial charge in [-0.2, -0.15) is 0 Å². The molecule has 0 radical (unpaired) electrons. The lowest BCUT2D eigenvalue weighted by Gasteiger charge is -2.05. The number of tetrazole rings is 1. The highest BCUT2D eigenvalue weighted by molar-refractivity contribution is 7.98. The Morgan fingerprint density at radius 2 is 2.15 bits per heavy atom. The first kappa shape index (κ1) is 14.5. The molecule has 0 amide bonds. The van der Waals surface area contributed by atoms with Crippen LogP contribution in [0, 0.1) is 13.8 Å². The van der Waals surface area contributed by atoms with Gasteiger partial charge in [0.2, 0.25) is 5.16 Å². The largest absolute Gasteiger partial charge is 0.468 e. The van der Waals surface area contributed by atoms with Crippen LogP contribution in [0.1, 0.15) is 16.7 Å². The van der Waals surface area contributed by atoms with Gasteiger partial charge in [0.05, 0.1) is 7.11 Å². The molecule has 0 saturated heterocycles. The van der Waals surface area contributed by atoms with Crippen LogP contribution in [0.15, 0.2) is 23.4 Å². The van der Waals surface area contributed by atoms with Crippen LogP contribution in [0.4, 0.5) is 0 Å². The van der Waals surface area contributed by atoms with Crippen LogP contribution < -0.4 is 0 Å². The molecule has 0 aliphatic carbocycles. The Balaban J connectivity index is 2.02. The van der Waals surface area contributed by atoms with Crippen molar-refractivity contribution in [1.82, 2.24) is 20.2 Å². The predicted molar refractivity (Wildman–Crippen MR) is 75.3 cm³/mol. The van der Waals surface area contributed by atoms with E-state index in [1.54, 1.807) is 0 Å². The number of ether oxygens (including phenoxy) is 1. The summed E-state index contributed by atoms with van der Waals surface area (Å²) in [6.07, 6.45) is 0. The minimum Gasteiger partial charge on any atom is -0.468 e. The molecule has 0 bridgehead atoms. The van der Waals surface area contributed by atoms with E-state index in [2.05, 4.69) is 52.3 Å². The summed E-state index contributed by atoms with van der Waals surface area (Å²) < 4.78 is 6.05. The third kappa shape index (κ3) is 3.57. The number of nitrogens with zero attached hydrogens (tertiary/aromatic N) is 4. The van der Waals surface area contributed by atoms with E-state index in [4.69, 9.17) is 0 Å². The van der Waals surface area contributed by atoms with E-state index in [0.29, 0.717) is 5.16 Å². The summed E-state index contributed by atoms with van der Waals surface area (Å²) in [5, 5.41) is 11.9. The van der Waals surface area contributed by atoms with Crippen molar-refractivity contribution in [3.8, 4) is 0 Å². The van der Waals surface area contributed by atoms with Crippen LogP contribution in [0.25, 0.3) is 0 Å². The highest BCUT2D eigenvalue weighted by Crippen LogP contribution is 2.21. The van der Waals surface area contributed by atoms with Crippen molar-refractivity contribution in [1.29, 1.82) is 0 Å². The fourth-order valence-corrected chi connectivity index (χ4v) is 2.45. The van der Waals surface area contributed by atoms with Crippen molar-refractivity contribution in [2.24, 2.45) is 0 Å². The number of rotatable bonds is 5. The number of aromatic nitrogens is 4. The molecule has 1 aromatic heterocycles. The van der Waals surface area contributed by atoms with Crippen molar-refractivity contribution in [3.63, 3.8) is 0 Å². The fourth-order valence-electron chi connectivity index (χ4n) is 1.63. The van der Waals surface area contributed by atoms with Gasteiger partial charge in [0.1, 0.15) is 6.54 Å². The molecule has 1 aromatic carbocycles. The van der Waals surface area contributed by atoms with E-state index in [9.17, 15) is 4.79 Å². The van der Waals surface area contributed by atoms with Crippen molar-refractivity contribution < 1.29 is 9.53 Å². The van der Waals surface area contributed by atoms with E-state index in [-0.39, 0.29) is 12.5 Å².